The SMILES string of the molecule is O=C(CN1CCOc2ccccc2C1)N1CCCOC(Cn2cccn2)C1. The van der Waals surface area contributed by atoms with Crippen LogP contribution in [0.25, 0.3) is 0 Å². The van der Waals surface area contributed by atoms with Crippen LogP contribution in [-0.2, 0) is 22.6 Å². The van der Waals surface area contributed by atoms with Crippen LogP contribution in [-0.4, -0.2) is 71.0 Å². The fourth-order valence-corrected chi connectivity index (χ4v) is 3.66. The van der Waals surface area contributed by atoms with Gasteiger partial charge in [-0.05, 0) is 18.6 Å². The summed E-state index contributed by atoms with van der Waals surface area (Å²) in [6.07, 6.45) is 4.53. The standard InChI is InChI=1S/C20H26N4O3/c25-20(16-22-10-12-27-19-6-2-1-5-17(19)13-22)23-8-4-11-26-18(14-23)15-24-9-3-7-21-24/h1-3,5-7,9,18H,4,8,10-16H2. The number of nitrogens with zero attached hydrogens (tertiary/aromatic N) is 4. The number of fused-ring (bicyclic) bond motifs is 1. The Morgan fingerprint density at radius 2 is 2.11 bits per heavy atom. The van der Waals surface area contributed by atoms with E-state index in [9.17, 15) is 4.79 Å². The average molecular weight is 370 g/mol. The molecule has 0 spiro atoms. The van der Waals surface area contributed by atoms with E-state index in [-0.39, 0.29) is 12.0 Å². The Bertz CT molecular complexity index is 749. The van der Waals surface area contributed by atoms with Gasteiger partial charge in [-0.15, -0.1) is 0 Å². The summed E-state index contributed by atoms with van der Waals surface area (Å²) >= 11 is 0. The van der Waals surface area contributed by atoms with Gasteiger partial charge in [-0.3, -0.25) is 14.4 Å². The third-order valence-corrected chi connectivity index (χ3v) is 5.04. The molecule has 2 aliphatic rings. The monoisotopic (exact) mass is 370 g/mol. The summed E-state index contributed by atoms with van der Waals surface area (Å²) in [5.74, 6) is 1.08. The van der Waals surface area contributed by atoms with Crippen LogP contribution >= 0.6 is 0 Å². The Kier molecular flexibility index (Phi) is 5.69. The van der Waals surface area contributed by atoms with Crippen molar-refractivity contribution in [2.45, 2.75) is 25.6 Å². The summed E-state index contributed by atoms with van der Waals surface area (Å²) in [7, 11) is 0. The Balaban J connectivity index is 1.36. The molecule has 1 fully saturated rings. The smallest absolute Gasteiger partial charge is 0.236 e. The summed E-state index contributed by atoms with van der Waals surface area (Å²) in [6.45, 7) is 5.21. The van der Waals surface area contributed by atoms with Crippen molar-refractivity contribution in [3.63, 3.8) is 0 Å². The zero-order valence-corrected chi connectivity index (χ0v) is 15.5. The van der Waals surface area contributed by atoms with E-state index in [1.807, 2.05) is 40.0 Å². The predicted molar refractivity (Wildman–Crippen MR) is 100 cm³/mol. The lowest BCUT2D eigenvalue weighted by Crippen LogP contribution is -2.44. The third-order valence-electron chi connectivity index (χ3n) is 5.04. The molecular formula is C20H26N4O3. The van der Waals surface area contributed by atoms with Crippen molar-refractivity contribution < 1.29 is 14.3 Å². The van der Waals surface area contributed by atoms with Crippen LogP contribution in [0, 0.1) is 0 Å². The molecule has 0 radical (unpaired) electrons. The van der Waals surface area contributed by atoms with Gasteiger partial charge in [-0.25, -0.2) is 0 Å². The van der Waals surface area contributed by atoms with E-state index in [4.69, 9.17) is 9.47 Å². The van der Waals surface area contributed by atoms with E-state index in [0.29, 0.717) is 32.8 Å². The Morgan fingerprint density at radius 3 is 3.00 bits per heavy atom. The van der Waals surface area contributed by atoms with E-state index >= 15 is 0 Å². The minimum atomic E-state index is -0.0236. The maximum atomic E-state index is 13.0. The zero-order chi connectivity index (χ0) is 18.5. The number of para-hydroxylation sites is 1. The highest BCUT2D eigenvalue weighted by Crippen LogP contribution is 2.22. The van der Waals surface area contributed by atoms with Crippen molar-refractivity contribution in [1.82, 2.24) is 19.6 Å². The zero-order valence-electron chi connectivity index (χ0n) is 15.5. The molecule has 2 aliphatic heterocycles. The van der Waals surface area contributed by atoms with E-state index in [1.165, 1.54) is 0 Å². The highest BCUT2D eigenvalue weighted by atomic mass is 16.5. The molecule has 144 valence electrons. The van der Waals surface area contributed by atoms with Gasteiger partial charge < -0.3 is 14.4 Å². The van der Waals surface area contributed by atoms with Crippen molar-refractivity contribution in [3.8, 4) is 5.75 Å². The summed E-state index contributed by atoms with van der Waals surface area (Å²) in [5.41, 5.74) is 1.14. The largest absolute Gasteiger partial charge is 0.492 e. The lowest BCUT2D eigenvalue weighted by atomic mass is 10.2. The first-order valence-electron chi connectivity index (χ1n) is 9.58. The highest BCUT2D eigenvalue weighted by molar-refractivity contribution is 5.78. The summed E-state index contributed by atoms with van der Waals surface area (Å²) in [5, 5.41) is 4.25. The molecule has 0 N–H and O–H groups in total. The Labute approximate surface area is 159 Å². The minimum absolute atomic E-state index is 0.0236. The third kappa shape index (κ3) is 4.67. The van der Waals surface area contributed by atoms with Gasteiger partial charge >= 0.3 is 0 Å². The lowest BCUT2D eigenvalue weighted by Gasteiger charge is -2.27. The molecule has 2 aromatic rings. The minimum Gasteiger partial charge on any atom is -0.492 e. The van der Waals surface area contributed by atoms with E-state index < -0.39 is 0 Å². The first-order valence-corrected chi connectivity index (χ1v) is 9.58. The number of amides is 1. The molecular weight excluding hydrogens is 344 g/mol. The fourth-order valence-electron chi connectivity index (χ4n) is 3.66. The first-order chi connectivity index (χ1) is 13.3. The van der Waals surface area contributed by atoms with Crippen LogP contribution in [0.5, 0.6) is 5.75 Å². The number of carbonyl (C=O) groups is 1. The molecule has 7 nitrogen and oxygen atoms in total. The molecule has 0 aliphatic carbocycles. The van der Waals surface area contributed by atoms with Gasteiger partial charge in [-0.2, -0.15) is 5.10 Å². The van der Waals surface area contributed by atoms with Crippen molar-refractivity contribution in [1.29, 1.82) is 0 Å². The number of rotatable bonds is 4. The number of ether oxygens (including phenoxy) is 2. The van der Waals surface area contributed by atoms with E-state index in [1.54, 1.807) is 6.20 Å². The maximum absolute atomic E-state index is 13.0. The Hall–Kier alpha value is -2.38. The van der Waals surface area contributed by atoms with Gasteiger partial charge in [0, 0.05) is 50.7 Å². The van der Waals surface area contributed by atoms with Gasteiger partial charge in [0.15, 0.2) is 0 Å². The molecule has 0 saturated carbocycles. The summed E-state index contributed by atoms with van der Waals surface area (Å²) < 4.78 is 13.6. The van der Waals surface area contributed by atoms with Crippen molar-refractivity contribution in [2.24, 2.45) is 0 Å². The number of hydrogen-bond donors (Lipinski definition) is 0. The second-order valence-electron chi connectivity index (χ2n) is 7.08. The van der Waals surface area contributed by atoms with Crippen molar-refractivity contribution in [3.05, 3.63) is 48.3 Å². The predicted octanol–water partition coefficient (Wildman–Crippen LogP) is 1.40. The first kappa shape index (κ1) is 18.0. The fraction of sp³-hybridized carbons (Fsp3) is 0.500. The quantitative estimate of drug-likeness (QED) is 0.814. The van der Waals surface area contributed by atoms with E-state index in [0.717, 1.165) is 37.4 Å². The molecule has 27 heavy (non-hydrogen) atoms. The van der Waals surface area contributed by atoms with Crippen LogP contribution in [0.3, 0.4) is 0 Å². The maximum Gasteiger partial charge on any atom is 0.236 e. The molecule has 1 atom stereocenters. The van der Waals surface area contributed by atoms with Crippen LogP contribution in [0.15, 0.2) is 42.7 Å². The molecule has 4 rings (SSSR count). The molecule has 1 amide bonds. The van der Waals surface area contributed by atoms with Crippen molar-refractivity contribution >= 4 is 5.91 Å². The molecule has 3 heterocycles. The van der Waals surface area contributed by atoms with Gasteiger partial charge in [0.25, 0.3) is 0 Å². The number of hydrogen-bond acceptors (Lipinski definition) is 5. The molecule has 1 saturated heterocycles. The number of carbonyl (C=O) groups excluding carboxylic acids is 1. The van der Waals surface area contributed by atoms with Gasteiger partial charge in [-0.1, -0.05) is 18.2 Å². The van der Waals surface area contributed by atoms with E-state index in [2.05, 4.69) is 16.1 Å². The lowest BCUT2D eigenvalue weighted by molar-refractivity contribution is -0.133. The molecule has 1 unspecified atom stereocenters. The summed E-state index contributed by atoms with van der Waals surface area (Å²) in [6, 6.07) is 9.96. The normalized spacial score (nSPS) is 21.0. The topological polar surface area (TPSA) is 59.8 Å². The van der Waals surface area contributed by atoms with Gasteiger partial charge in [0.05, 0.1) is 19.2 Å². The molecule has 1 aromatic carbocycles. The average Bonchev–Trinajstić information content (AvgIpc) is 2.95. The second kappa shape index (κ2) is 8.54. The van der Waals surface area contributed by atoms with Crippen LogP contribution in [0.1, 0.15) is 12.0 Å². The Morgan fingerprint density at radius 1 is 1.19 bits per heavy atom. The highest BCUT2D eigenvalue weighted by Gasteiger charge is 2.25. The van der Waals surface area contributed by atoms with Gasteiger partial charge in [0.2, 0.25) is 5.91 Å². The second-order valence-corrected chi connectivity index (χ2v) is 7.08. The summed E-state index contributed by atoms with van der Waals surface area (Å²) in [4.78, 5) is 17.1. The molecule has 1 aromatic heterocycles. The molecule has 0 bridgehead atoms. The van der Waals surface area contributed by atoms with Crippen LogP contribution in [0.4, 0.5) is 0 Å². The van der Waals surface area contributed by atoms with Crippen molar-refractivity contribution in [2.75, 3.05) is 39.4 Å². The van der Waals surface area contributed by atoms with Crippen LogP contribution in [0.2, 0.25) is 0 Å². The number of aromatic nitrogens is 2. The molecule has 7 heteroatoms. The number of benzene rings is 1. The van der Waals surface area contributed by atoms with Crippen LogP contribution < -0.4 is 4.74 Å². The van der Waals surface area contributed by atoms with Gasteiger partial charge in [0.1, 0.15) is 12.4 Å².